The van der Waals surface area contributed by atoms with E-state index in [0.717, 1.165) is 11.3 Å². The second-order valence-corrected chi connectivity index (χ2v) is 7.94. The summed E-state index contributed by atoms with van der Waals surface area (Å²) in [6.45, 7) is 3.97. The molecule has 0 unspecified atom stereocenters. The van der Waals surface area contributed by atoms with Crippen LogP contribution < -0.4 is 15.4 Å². The minimum atomic E-state index is -0.715. The highest BCUT2D eigenvalue weighted by Gasteiger charge is 2.27. The average molecular weight is 484 g/mol. The zero-order valence-electron chi connectivity index (χ0n) is 18.5. The Morgan fingerprint density at radius 1 is 1.00 bits per heavy atom. The molecule has 0 saturated carbocycles. The number of non-ortho nitro benzene ring substituents is 1. The molecule has 0 radical (unpaired) electrons. The van der Waals surface area contributed by atoms with E-state index in [4.69, 9.17) is 9.47 Å². The summed E-state index contributed by atoms with van der Waals surface area (Å²) in [5.41, 5.74) is 0.913. The highest BCUT2D eigenvalue weighted by atomic mass is 32.1. The fourth-order valence-corrected chi connectivity index (χ4v) is 4.15. The molecule has 2 amide bonds. The number of nitrogens with zero attached hydrogens (tertiary/aromatic N) is 1. The summed E-state index contributed by atoms with van der Waals surface area (Å²) in [5, 5.41) is 16.3. The lowest BCUT2D eigenvalue weighted by molar-refractivity contribution is -0.384. The third-order valence-corrected chi connectivity index (χ3v) is 5.94. The van der Waals surface area contributed by atoms with Crippen LogP contribution in [-0.2, 0) is 4.74 Å². The first-order chi connectivity index (χ1) is 16.2. The van der Waals surface area contributed by atoms with Crippen LogP contribution in [0.15, 0.2) is 48.5 Å². The number of rotatable bonds is 8. The van der Waals surface area contributed by atoms with Crippen LogP contribution in [0.4, 0.5) is 16.4 Å². The number of methoxy groups -OCH3 is 1. The number of hydrogen-bond acceptors (Lipinski definition) is 8. The maximum atomic E-state index is 12.9. The molecule has 0 saturated heterocycles. The smallest absolute Gasteiger partial charge is 0.341 e. The summed E-state index contributed by atoms with van der Waals surface area (Å²) in [5.74, 6) is -1.11. The average Bonchev–Trinajstić information content (AvgIpc) is 3.15. The zero-order valence-corrected chi connectivity index (χ0v) is 19.4. The second-order valence-electron chi connectivity index (χ2n) is 6.92. The van der Waals surface area contributed by atoms with Gasteiger partial charge in [-0.3, -0.25) is 19.7 Å². The Morgan fingerprint density at radius 2 is 1.65 bits per heavy atom. The largest absolute Gasteiger partial charge is 0.494 e. The topological polar surface area (TPSA) is 137 Å². The summed E-state index contributed by atoms with van der Waals surface area (Å²) in [6.07, 6.45) is 0. The number of nitrogens with one attached hydrogen (secondary N) is 2. The quantitative estimate of drug-likeness (QED) is 0.270. The minimum absolute atomic E-state index is 0.0552. The molecule has 0 bridgehead atoms. The number of amides is 2. The molecule has 176 valence electrons. The first kappa shape index (κ1) is 24.4. The molecule has 2 N–H and O–H groups in total. The lowest BCUT2D eigenvalue weighted by Crippen LogP contribution is -2.14. The molecule has 0 spiro atoms. The Morgan fingerprint density at radius 3 is 2.21 bits per heavy atom. The normalized spacial score (nSPS) is 10.3. The molecule has 0 fully saturated rings. The van der Waals surface area contributed by atoms with Crippen LogP contribution in [0.2, 0.25) is 0 Å². The first-order valence-corrected chi connectivity index (χ1v) is 10.9. The number of carbonyl (C=O) groups is 3. The third kappa shape index (κ3) is 5.38. The van der Waals surface area contributed by atoms with E-state index in [1.54, 1.807) is 31.2 Å². The molecule has 3 aromatic rings. The summed E-state index contributed by atoms with van der Waals surface area (Å²) < 4.78 is 10.2. The zero-order chi connectivity index (χ0) is 24.8. The Labute approximate surface area is 198 Å². The molecular weight excluding hydrogens is 462 g/mol. The van der Waals surface area contributed by atoms with Crippen LogP contribution in [0.1, 0.15) is 42.9 Å². The number of nitro benzene ring substituents is 1. The van der Waals surface area contributed by atoms with Crippen LogP contribution in [0, 0.1) is 17.0 Å². The Bertz CT molecular complexity index is 1230. The van der Waals surface area contributed by atoms with Gasteiger partial charge in [-0.15, -0.1) is 11.3 Å². The maximum absolute atomic E-state index is 12.9. The second kappa shape index (κ2) is 10.6. The molecule has 0 atom stereocenters. The summed E-state index contributed by atoms with van der Waals surface area (Å²) >= 11 is 0.922. The highest BCUT2D eigenvalue weighted by Crippen LogP contribution is 2.34. The van der Waals surface area contributed by atoms with E-state index in [2.05, 4.69) is 10.6 Å². The number of nitro groups is 1. The van der Waals surface area contributed by atoms with E-state index in [1.807, 2.05) is 6.92 Å². The number of hydrogen-bond donors (Lipinski definition) is 2. The first-order valence-electron chi connectivity index (χ1n) is 10.1. The van der Waals surface area contributed by atoms with E-state index in [1.165, 1.54) is 31.4 Å². The Kier molecular flexibility index (Phi) is 7.59. The van der Waals surface area contributed by atoms with Crippen molar-refractivity contribution in [1.82, 2.24) is 0 Å². The lowest BCUT2D eigenvalue weighted by Gasteiger charge is -2.07. The van der Waals surface area contributed by atoms with E-state index in [0.29, 0.717) is 23.6 Å². The molecule has 1 heterocycles. The summed E-state index contributed by atoms with van der Waals surface area (Å²) in [4.78, 5) is 48.5. The Balaban J connectivity index is 1.86. The molecular formula is C23H21N3O7S. The number of benzene rings is 2. The maximum Gasteiger partial charge on any atom is 0.341 e. The highest BCUT2D eigenvalue weighted by molar-refractivity contribution is 7.19. The monoisotopic (exact) mass is 483 g/mol. The third-order valence-electron chi connectivity index (χ3n) is 4.73. The van der Waals surface area contributed by atoms with E-state index in [9.17, 15) is 24.5 Å². The summed E-state index contributed by atoms with van der Waals surface area (Å²) in [7, 11) is 1.20. The number of anilines is 2. The lowest BCUT2D eigenvalue weighted by atomic mass is 10.1. The molecule has 2 aromatic carbocycles. The van der Waals surface area contributed by atoms with E-state index in [-0.39, 0.29) is 26.7 Å². The van der Waals surface area contributed by atoms with Crippen molar-refractivity contribution in [3.63, 3.8) is 0 Å². The van der Waals surface area contributed by atoms with Gasteiger partial charge in [0, 0.05) is 23.4 Å². The van der Waals surface area contributed by atoms with Gasteiger partial charge in [-0.1, -0.05) is 0 Å². The number of carbonyl (C=O) groups excluding carboxylic acids is 3. The molecule has 0 aliphatic carbocycles. The molecule has 11 heteroatoms. The Hall–Kier alpha value is -4.25. The molecule has 0 aliphatic rings. The van der Waals surface area contributed by atoms with Gasteiger partial charge in [0.25, 0.3) is 17.5 Å². The van der Waals surface area contributed by atoms with E-state index < -0.39 is 22.7 Å². The standard InChI is InChI=1S/C23H21N3O7S/c1-4-33-17-11-7-15(8-12-17)24-21(28)19-13(2)18(23(29)32-3)22(34-19)25-20(27)14-5-9-16(10-6-14)26(30)31/h5-12H,4H2,1-3H3,(H,24,28)(H,25,27). The molecule has 0 aliphatic heterocycles. The fourth-order valence-electron chi connectivity index (χ4n) is 3.06. The number of thiophene rings is 1. The van der Waals surface area contributed by atoms with Gasteiger partial charge in [-0.25, -0.2) is 4.79 Å². The van der Waals surface area contributed by atoms with Crippen molar-refractivity contribution in [2.75, 3.05) is 24.4 Å². The number of esters is 1. The molecule has 34 heavy (non-hydrogen) atoms. The van der Waals surface area contributed by atoms with Gasteiger partial charge in [0.2, 0.25) is 0 Å². The van der Waals surface area contributed by atoms with Crippen molar-refractivity contribution in [1.29, 1.82) is 0 Å². The molecule has 3 rings (SSSR count). The fraction of sp³-hybridized carbons (Fsp3) is 0.174. The SMILES string of the molecule is CCOc1ccc(NC(=O)c2sc(NC(=O)c3ccc([N+](=O)[O-])cc3)c(C(=O)OC)c2C)cc1. The minimum Gasteiger partial charge on any atom is -0.494 e. The number of ether oxygens (including phenoxy) is 2. The van der Waals surface area contributed by atoms with Gasteiger partial charge in [0.1, 0.15) is 10.8 Å². The van der Waals surface area contributed by atoms with Crippen molar-refractivity contribution in [2.45, 2.75) is 13.8 Å². The van der Waals surface area contributed by atoms with Crippen LogP contribution in [0.3, 0.4) is 0 Å². The van der Waals surface area contributed by atoms with Gasteiger partial charge >= 0.3 is 5.97 Å². The van der Waals surface area contributed by atoms with Gasteiger partial charge in [0.15, 0.2) is 0 Å². The summed E-state index contributed by atoms with van der Waals surface area (Å²) in [6, 6.07) is 11.8. The van der Waals surface area contributed by atoms with Crippen LogP contribution >= 0.6 is 11.3 Å². The predicted molar refractivity (Wildman–Crippen MR) is 127 cm³/mol. The molecule has 10 nitrogen and oxygen atoms in total. The van der Waals surface area contributed by atoms with Crippen LogP contribution in [-0.4, -0.2) is 36.4 Å². The van der Waals surface area contributed by atoms with Gasteiger partial charge in [-0.05, 0) is 55.8 Å². The van der Waals surface area contributed by atoms with Crippen LogP contribution in [0.25, 0.3) is 0 Å². The van der Waals surface area contributed by atoms with Gasteiger partial charge < -0.3 is 20.1 Å². The van der Waals surface area contributed by atoms with Crippen molar-refractivity contribution in [3.8, 4) is 5.75 Å². The van der Waals surface area contributed by atoms with Crippen molar-refractivity contribution in [3.05, 3.63) is 80.2 Å². The van der Waals surface area contributed by atoms with Gasteiger partial charge in [0.05, 0.1) is 29.1 Å². The molecule has 1 aromatic heterocycles. The van der Waals surface area contributed by atoms with Gasteiger partial charge in [-0.2, -0.15) is 0 Å². The van der Waals surface area contributed by atoms with Crippen molar-refractivity contribution >= 4 is 45.5 Å². The van der Waals surface area contributed by atoms with E-state index >= 15 is 0 Å². The van der Waals surface area contributed by atoms with Crippen molar-refractivity contribution < 1.29 is 28.8 Å². The van der Waals surface area contributed by atoms with Crippen LogP contribution in [0.5, 0.6) is 5.75 Å². The van der Waals surface area contributed by atoms with Crippen molar-refractivity contribution in [2.24, 2.45) is 0 Å². The predicted octanol–water partition coefficient (Wildman–Crippen LogP) is 4.65.